The van der Waals surface area contributed by atoms with Gasteiger partial charge in [-0.15, -0.1) is 0 Å². The first-order chi connectivity index (χ1) is 10.6. The molecule has 1 aromatic rings. The molecule has 1 saturated heterocycles. The molecule has 1 aromatic heterocycles. The Morgan fingerprint density at radius 3 is 2.50 bits per heavy atom. The van der Waals surface area contributed by atoms with Crippen molar-refractivity contribution in [2.75, 3.05) is 31.1 Å². The Morgan fingerprint density at radius 2 is 1.91 bits per heavy atom. The van der Waals surface area contributed by atoms with Crippen LogP contribution in [0.25, 0.3) is 0 Å². The summed E-state index contributed by atoms with van der Waals surface area (Å²) in [5.41, 5.74) is 0.0210. The molecule has 3 rings (SSSR count). The summed E-state index contributed by atoms with van der Waals surface area (Å²) in [7, 11) is 0. The SMILES string of the molecule is O=[N+]([O-])c1ccc(N2CCN(C3CCCCC3O)CC2)nc1. The van der Waals surface area contributed by atoms with Crippen molar-refractivity contribution in [3.63, 3.8) is 0 Å². The molecule has 2 aliphatic rings. The molecule has 2 fully saturated rings. The van der Waals surface area contributed by atoms with Crippen molar-refractivity contribution >= 4 is 11.5 Å². The molecule has 1 N–H and O–H groups in total. The molecule has 0 aromatic carbocycles. The van der Waals surface area contributed by atoms with Crippen LogP contribution in [0.4, 0.5) is 11.5 Å². The fraction of sp³-hybridized carbons (Fsp3) is 0.667. The van der Waals surface area contributed by atoms with E-state index in [9.17, 15) is 15.2 Å². The van der Waals surface area contributed by atoms with Gasteiger partial charge < -0.3 is 10.0 Å². The van der Waals surface area contributed by atoms with Crippen LogP contribution < -0.4 is 4.90 Å². The summed E-state index contributed by atoms with van der Waals surface area (Å²) >= 11 is 0. The largest absolute Gasteiger partial charge is 0.391 e. The smallest absolute Gasteiger partial charge is 0.287 e. The van der Waals surface area contributed by atoms with Gasteiger partial charge in [0.15, 0.2) is 0 Å². The molecule has 120 valence electrons. The lowest BCUT2D eigenvalue weighted by Crippen LogP contribution is -2.54. The molecule has 0 amide bonds. The van der Waals surface area contributed by atoms with Gasteiger partial charge in [-0.1, -0.05) is 12.8 Å². The van der Waals surface area contributed by atoms with Gasteiger partial charge in [-0.05, 0) is 18.9 Å². The molecular weight excluding hydrogens is 284 g/mol. The van der Waals surface area contributed by atoms with Crippen molar-refractivity contribution in [2.45, 2.75) is 37.8 Å². The number of nitrogens with zero attached hydrogens (tertiary/aromatic N) is 4. The zero-order valence-electron chi connectivity index (χ0n) is 12.6. The van der Waals surface area contributed by atoms with Crippen molar-refractivity contribution in [3.8, 4) is 0 Å². The Balaban J connectivity index is 1.58. The Morgan fingerprint density at radius 1 is 1.18 bits per heavy atom. The van der Waals surface area contributed by atoms with E-state index in [1.165, 1.54) is 18.7 Å². The van der Waals surface area contributed by atoms with Crippen molar-refractivity contribution < 1.29 is 10.0 Å². The van der Waals surface area contributed by atoms with Gasteiger partial charge in [0.25, 0.3) is 5.69 Å². The first-order valence-electron chi connectivity index (χ1n) is 7.92. The van der Waals surface area contributed by atoms with E-state index >= 15 is 0 Å². The zero-order chi connectivity index (χ0) is 15.5. The molecule has 0 radical (unpaired) electrons. The Hall–Kier alpha value is -1.73. The molecule has 7 heteroatoms. The van der Waals surface area contributed by atoms with E-state index < -0.39 is 4.92 Å². The normalized spacial score (nSPS) is 26.9. The van der Waals surface area contributed by atoms with Crippen LogP contribution in [0, 0.1) is 10.1 Å². The van der Waals surface area contributed by atoms with E-state index in [2.05, 4.69) is 14.8 Å². The molecule has 1 aliphatic carbocycles. The summed E-state index contributed by atoms with van der Waals surface area (Å²) in [4.78, 5) is 18.9. The van der Waals surface area contributed by atoms with Gasteiger partial charge in [-0.2, -0.15) is 0 Å². The van der Waals surface area contributed by atoms with Crippen LogP contribution >= 0.6 is 0 Å². The maximum atomic E-state index is 10.7. The second kappa shape index (κ2) is 6.58. The van der Waals surface area contributed by atoms with Crippen LogP contribution in [-0.4, -0.2) is 58.2 Å². The third-order valence-corrected chi connectivity index (χ3v) is 4.74. The maximum absolute atomic E-state index is 10.7. The summed E-state index contributed by atoms with van der Waals surface area (Å²) in [5, 5.41) is 20.8. The highest BCUT2D eigenvalue weighted by atomic mass is 16.6. The van der Waals surface area contributed by atoms with Crippen LogP contribution in [-0.2, 0) is 0 Å². The summed E-state index contributed by atoms with van der Waals surface area (Å²) in [6.45, 7) is 3.49. The van der Waals surface area contributed by atoms with E-state index in [0.29, 0.717) is 6.04 Å². The number of anilines is 1. The van der Waals surface area contributed by atoms with Gasteiger partial charge in [0.1, 0.15) is 12.0 Å². The predicted molar refractivity (Wildman–Crippen MR) is 82.9 cm³/mol. The topological polar surface area (TPSA) is 82.7 Å². The monoisotopic (exact) mass is 306 g/mol. The summed E-state index contributed by atoms with van der Waals surface area (Å²) in [6.07, 6.45) is 5.44. The third-order valence-electron chi connectivity index (χ3n) is 4.74. The Bertz CT molecular complexity index is 514. The highest BCUT2D eigenvalue weighted by molar-refractivity contribution is 5.43. The molecule has 1 aliphatic heterocycles. The summed E-state index contributed by atoms with van der Waals surface area (Å²) < 4.78 is 0. The van der Waals surface area contributed by atoms with Crippen molar-refractivity contribution in [1.29, 1.82) is 0 Å². The zero-order valence-corrected chi connectivity index (χ0v) is 12.6. The maximum Gasteiger partial charge on any atom is 0.287 e. The minimum absolute atomic E-state index is 0.0210. The molecule has 2 atom stereocenters. The Labute approximate surface area is 129 Å². The van der Waals surface area contributed by atoms with E-state index in [1.807, 2.05) is 0 Å². The van der Waals surface area contributed by atoms with Crippen LogP contribution in [0.3, 0.4) is 0 Å². The van der Waals surface area contributed by atoms with Crippen molar-refractivity contribution in [1.82, 2.24) is 9.88 Å². The van der Waals surface area contributed by atoms with Gasteiger partial charge in [-0.3, -0.25) is 15.0 Å². The van der Waals surface area contributed by atoms with Gasteiger partial charge in [0.05, 0.1) is 11.0 Å². The number of aliphatic hydroxyl groups is 1. The van der Waals surface area contributed by atoms with Crippen LogP contribution in [0.2, 0.25) is 0 Å². The van der Waals surface area contributed by atoms with E-state index in [0.717, 1.165) is 51.3 Å². The van der Waals surface area contributed by atoms with Crippen molar-refractivity contribution in [2.24, 2.45) is 0 Å². The number of aliphatic hydroxyl groups excluding tert-OH is 1. The third kappa shape index (κ3) is 3.20. The average molecular weight is 306 g/mol. The lowest BCUT2D eigenvalue weighted by atomic mass is 9.91. The predicted octanol–water partition coefficient (Wildman–Crippen LogP) is 1.42. The molecule has 2 unspecified atom stereocenters. The standard InChI is InChI=1S/C15H22N4O3/c20-14-4-2-1-3-13(14)17-7-9-18(10-8-17)15-6-5-12(11-16-15)19(21)22/h5-6,11,13-14,20H,1-4,7-10H2. The van der Waals surface area contributed by atoms with Crippen LogP contribution in [0.15, 0.2) is 18.3 Å². The number of pyridine rings is 1. The number of nitro groups is 1. The quantitative estimate of drug-likeness (QED) is 0.671. The van der Waals surface area contributed by atoms with Gasteiger partial charge in [0, 0.05) is 38.3 Å². The second-order valence-electron chi connectivity index (χ2n) is 6.07. The average Bonchev–Trinajstić information content (AvgIpc) is 2.56. The number of rotatable bonds is 3. The van der Waals surface area contributed by atoms with Gasteiger partial charge in [-0.25, -0.2) is 4.98 Å². The molecule has 22 heavy (non-hydrogen) atoms. The van der Waals surface area contributed by atoms with Crippen LogP contribution in [0.1, 0.15) is 25.7 Å². The highest BCUT2D eigenvalue weighted by Crippen LogP contribution is 2.25. The van der Waals surface area contributed by atoms with Crippen LogP contribution in [0.5, 0.6) is 0 Å². The highest BCUT2D eigenvalue weighted by Gasteiger charge is 2.31. The summed E-state index contributed by atoms with van der Waals surface area (Å²) in [5.74, 6) is 0.787. The lowest BCUT2D eigenvalue weighted by Gasteiger charge is -2.43. The van der Waals surface area contributed by atoms with Crippen molar-refractivity contribution in [3.05, 3.63) is 28.4 Å². The molecular formula is C15H22N4O3. The lowest BCUT2D eigenvalue weighted by molar-refractivity contribution is -0.385. The first-order valence-corrected chi connectivity index (χ1v) is 7.92. The van der Waals surface area contributed by atoms with E-state index in [1.54, 1.807) is 6.07 Å². The van der Waals surface area contributed by atoms with Gasteiger partial charge >= 0.3 is 0 Å². The fourth-order valence-electron chi connectivity index (χ4n) is 3.47. The Kier molecular flexibility index (Phi) is 4.54. The number of hydrogen-bond donors (Lipinski definition) is 1. The summed E-state index contributed by atoms with van der Waals surface area (Å²) in [6, 6.07) is 3.50. The number of piperazine rings is 1. The minimum atomic E-state index is -0.431. The van der Waals surface area contributed by atoms with Gasteiger partial charge in [0.2, 0.25) is 0 Å². The van der Waals surface area contributed by atoms with E-state index in [4.69, 9.17) is 0 Å². The molecule has 0 spiro atoms. The molecule has 0 bridgehead atoms. The fourth-order valence-corrected chi connectivity index (χ4v) is 3.47. The number of aromatic nitrogens is 1. The molecule has 7 nitrogen and oxygen atoms in total. The molecule has 1 saturated carbocycles. The molecule has 2 heterocycles. The first kappa shape index (κ1) is 15.2. The number of hydrogen-bond acceptors (Lipinski definition) is 6. The minimum Gasteiger partial charge on any atom is -0.391 e. The van der Waals surface area contributed by atoms with E-state index in [-0.39, 0.29) is 11.8 Å². The second-order valence-corrected chi connectivity index (χ2v) is 6.07.